The molecule has 2 heterocycles. The third-order valence-corrected chi connectivity index (χ3v) is 7.76. The average Bonchev–Trinajstić information content (AvgIpc) is 2.39. The third-order valence-electron chi connectivity index (χ3n) is 4.97. The van der Waals surface area contributed by atoms with Crippen LogP contribution in [0, 0.1) is 0 Å². The number of thioether (sulfide) groups is 2. The van der Waals surface area contributed by atoms with Gasteiger partial charge in [0.05, 0.1) is 0 Å². The largest absolute Gasteiger partial charge is 0.149 e. The summed E-state index contributed by atoms with van der Waals surface area (Å²) < 4.78 is 1.44. The molecule has 0 nitrogen and oxygen atoms in total. The van der Waals surface area contributed by atoms with E-state index in [1.807, 2.05) is 0 Å². The highest BCUT2D eigenvalue weighted by atomic mass is 32.2. The summed E-state index contributed by atoms with van der Waals surface area (Å²) in [7, 11) is 0. The van der Waals surface area contributed by atoms with E-state index in [0.717, 1.165) is 0 Å². The summed E-state index contributed by atoms with van der Waals surface area (Å²) in [6.45, 7) is 19.5. The minimum absolute atomic E-state index is 0.359. The molecule has 0 fully saturated rings. The first-order valence-corrected chi connectivity index (χ1v) is 10.3. The maximum Gasteiger partial charge on any atom is 0.0149 e. The van der Waals surface area contributed by atoms with Crippen LogP contribution in [0.3, 0.4) is 0 Å². The minimum Gasteiger partial charge on any atom is -0.149 e. The first-order chi connectivity index (χ1) is 9.79. The predicted molar refractivity (Wildman–Crippen MR) is 104 cm³/mol. The number of hydrogen-bond acceptors (Lipinski definition) is 2. The molecular formula is C20H32S2. The Morgan fingerprint density at radius 2 is 0.636 bits per heavy atom. The molecule has 2 heteroatoms. The Hall–Kier alpha value is 0.180. The highest BCUT2D eigenvalue weighted by Gasteiger charge is 2.46. The molecule has 124 valence electrons. The van der Waals surface area contributed by atoms with E-state index < -0.39 is 0 Å². The van der Waals surface area contributed by atoms with E-state index in [9.17, 15) is 0 Å². The van der Waals surface area contributed by atoms with Gasteiger partial charge < -0.3 is 0 Å². The van der Waals surface area contributed by atoms with Crippen molar-refractivity contribution in [3.63, 3.8) is 0 Å². The molecule has 0 unspecified atom stereocenters. The average molecular weight is 337 g/mol. The zero-order chi connectivity index (χ0) is 16.6. The summed E-state index contributed by atoms with van der Waals surface area (Å²) in [6, 6.07) is 0. The molecule has 0 bridgehead atoms. The summed E-state index contributed by atoms with van der Waals surface area (Å²) in [6.07, 6.45) is 5.04. The summed E-state index contributed by atoms with van der Waals surface area (Å²) in [4.78, 5) is 0. The van der Waals surface area contributed by atoms with Gasteiger partial charge in [0.2, 0.25) is 0 Å². The Bertz CT molecular complexity index is 459. The highest BCUT2D eigenvalue weighted by molar-refractivity contribution is 8.02. The Morgan fingerprint density at radius 3 is 0.818 bits per heavy atom. The number of fused-ring (bicyclic) bond motifs is 2. The van der Waals surface area contributed by atoms with E-state index in [1.54, 1.807) is 22.3 Å². The van der Waals surface area contributed by atoms with Crippen LogP contribution in [-0.2, 0) is 0 Å². The lowest BCUT2D eigenvalue weighted by molar-refractivity contribution is 0.648. The van der Waals surface area contributed by atoms with Gasteiger partial charge in [0.1, 0.15) is 0 Å². The molecule has 3 aliphatic rings. The van der Waals surface area contributed by atoms with Crippen LogP contribution in [0.4, 0.5) is 0 Å². The van der Waals surface area contributed by atoms with Crippen molar-refractivity contribution in [3.8, 4) is 0 Å². The molecule has 0 atom stereocenters. The molecule has 1 aliphatic carbocycles. The number of rotatable bonds is 0. The first kappa shape index (κ1) is 17.0. The number of hydrogen-bond donors (Lipinski definition) is 0. The van der Waals surface area contributed by atoms with Crippen molar-refractivity contribution >= 4 is 23.5 Å². The number of allylic oxidation sites excluding steroid dienone is 4. The zero-order valence-corrected chi connectivity index (χ0v) is 17.3. The smallest absolute Gasteiger partial charge is 0.0149 e. The van der Waals surface area contributed by atoms with Gasteiger partial charge in [0.15, 0.2) is 0 Å². The predicted octanol–water partition coefficient (Wildman–Crippen LogP) is 6.76. The molecule has 0 amide bonds. The molecule has 0 radical (unpaired) electrons. The molecular weight excluding hydrogens is 304 g/mol. The SMILES string of the molecule is CC1(C)CC2=C(CC(C)(C)S1)C1=C2CC(C)(C)SC(C)(C)C1. The van der Waals surface area contributed by atoms with Crippen molar-refractivity contribution in [1.82, 2.24) is 0 Å². The van der Waals surface area contributed by atoms with E-state index in [1.165, 1.54) is 25.7 Å². The second-order valence-corrected chi connectivity index (χ2v) is 14.7. The van der Waals surface area contributed by atoms with Gasteiger partial charge in [-0.2, -0.15) is 0 Å². The van der Waals surface area contributed by atoms with Crippen molar-refractivity contribution in [1.29, 1.82) is 0 Å². The van der Waals surface area contributed by atoms with E-state index in [-0.39, 0.29) is 0 Å². The fraction of sp³-hybridized carbons (Fsp3) is 0.800. The van der Waals surface area contributed by atoms with E-state index in [4.69, 9.17) is 0 Å². The van der Waals surface area contributed by atoms with Gasteiger partial charge in [-0.25, -0.2) is 0 Å². The maximum absolute atomic E-state index is 2.44. The third kappa shape index (κ3) is 3.20. The quantitative estimate of drug-likeness (QED) is 0.479. The van der Waals surface area contributed by atoms with Crippen molar-refractivity contribution in [3.05, 3.63) is 22.3 Å². The van der Waals surface area contributed by atoms with Gasteiger partial charge in [-0.3, -0.25) is 0 Å². The summed E-state index contributed by atoms with van der Waals surface area (Å²) in [5.74, 6) is 0. The molecule has 0 saturated heterocycles. The normalized spacial score (nSPS) is 31.6. The van der Waals surface area contributed by atoms with Gasteiger partial charge in [0.25, 0.3) is 0 Å². The zero-order valence-electron chi connectivity index (χ0n) is 15.6. The second kappa shape index (κ2) is 4.85. The molecule has 2 aliphatic heterocycles. The van der Waals surface area contributed by atoms with Crippen molar-refractivity contribution < 1.29 is 0 Å². The minimum atomic E-state index is 0.359. The maximum atomic E-state index is 2.44. The Morgan fingerprint density at radius 1 is 0.455 bits per heavy atom. The van der Waals surface area contributed by atoms with Gasteiger partial charge in [-0.15, -0.1) is 23.5 Å². The summed E-state index contributed by atoms with van der Waals surface area (Å²) in [5.41, 5.74) is 6.96. The lowest BCUT2D eigenvalue weighted by Gasteiger charge is -2.35. The molecule has 0 saturated carbocycles. The Kier molecular flexibility index (Phi) is 3.75. The second-order valence-electron chi connectivity index (χ2n) is 9.86. The molecule has 0 aromatic heterocycles. The van der Waals surface area contributed by atoms with Crippen molar-refractivity contribution in [2.24, 2.45) is 0 Å². The van der Waals surface area contributed by atoms with Crippen LogP contribution < -0.4 is 0 Å². The molecule has 22 heavy (non-hydrogen) atoms. The monoisotopic (exact) mass is 336 g/mol. The molecule has 0 aromatic rings. The van der Waals surface area contributed by atoms with Gasteiger partial charge in [0, 0.05) is 19.0 Å². The lowest BCUT2D eigenvalue weighted by atomic mass is 9.69. The van der Waals surface area contributed by atoms with Crippen molar-refractivity contribution in [2.75, 3.05) is 0 Å². The lowest BCUT2D eigenvalue weighted by Crippen LogP contribution is -2.25. The van der Waals surface area contributed by atoms with Gasteiger partial charge in [-0.05, 0) is 48.0 Å². The van der Waals surface area contributed by atoms with E-state index in [2.05, 4.69) is 78.9 Å². The fourth-order valence-corrected chi connectivity index (χ4v) is 8.72. The van der Waals surface area contributed by atoms with Crippen molar-refractivity contribution in [2.45, 2.75) is 100 Å². The molecule has 3 rings (SSSR count). The summed E-state index contributed by atoms with van der Waals surface area (Å²) in [5, 5.41) is 0. The molecule has 0 N–H and O–H groups in total. The first-order valence-electron chi connectivity index (χ1n) is 8.64. The Balaban J connectivity index is 1.99. The highest BCUT2D eigenvalue weighted by Crippen LogP contribution is 2.60. The van der Waals surface area contributed by atoms with Crippen LogP contribution in [-0.4, -0.2) is 19.0 Å². The topological polar surface area (TPSA) is 0 Å². The standard InChI is InChI=1S/C20H32S2/c1-17(2)9-13-14(10-18(3,4)21-17)16-12-20(7,8)22-19(5,6)11-15(13)16/h9-12H2,1-8H3. The van der Waals surface area contributed by atoms with Gasteiger partial charge in [-0.1, -0.05) is 55.4 Å². The van der Waals surface area contributed by atoms with Crippen LogP contribution in [0.5, 0.6) is 0 Å². The molecule has 0 spiro atoms. The van der Waals surface area contributed by atoms with Crippen LogP contribution in [0.15, 0.2) is 22.3 Å². The van der Waals surface area contributed by atoms with Crippen LogP contribution >= 0.6 is 23.5 Å². The van der Waals surface area contributed by atoms with Crippen LogP contribution in [0.1, 0.15) is 81.1 Å². The van der Waals surface area contributed by atoms with E-state index in [0.29, 0.717) is 19.0 Å². The van der Waals surface area contributed by atoms with Gasteiger partial charge >= 0.3 is 0 Å². The Labute approximate surface area is 146 Å². The summed E-state index contributed by atoms with van der Waals surface area (Å²) >= 11 is 4.38. The van der Waals surface area contributed by atoms with E-state index >= 15 is 0 Å². The fourth-order valence-electron chi connectivity index (χ4n) is 4.86. The van der Waals surface area contributed by atoms with Crippen LogP contribution in [0.2, 0.25) is 0 Å². The molecule has 0 aromatic carbocycles. The van der Waals surface area contributed by atoms with Crippen LogP contribution in [0.25, 0.3) is 0 Å².